The van der Waals surface area contributed by atoms with Gasteiger partial charge in [0.1, 0.15) is 5.82 Å². The molecule has 0 amide bonds. The van der Waals surface area contributed by atoms with Crippen molar-refractivity contribution in [1.82, 2.24) is 15.3 Å². The molecule has 1 aliphatic rings. The second-order valence-corrected chi connectivity index (χ2v) is 4.49. The third-order valence-corrected chi connectivity index (χ3v) is 3.31. The number of esters is 1. The molecule has 1 fully saturated rings. The molecule has 1 aliphatic heterocycles. The first-order chi connectivity index (χ1) is 8.78. The Bertz CT molecular complexity index is 594. The molecule has 1 aromatic carbocycles. The molecule has 20 heavy (non-hydrogen) atoms. The number of aromatic amines is 1. The maximum absolute atomic E-state index is 11.5. The minimum absolute atomic E-state index is 0. The largest absolute Gasteiger partial charge is 0.465 e. The van der Waals surface area contributed by atoms with Gasteiger partial charge in [-0.1, -0.05) is 0 Å². The quantitative estimate of drug-likeness (QED) is 0.835. The summed E-state index contributed by atoms with van der Waals surface area (Å²) in [6, 6.07) is 5.67. The van der Waals surface area contributed by atoms with Crippen LogP contribution in [0.4, 0.5) is 0 Å². The van der Waals surface area contributed by atoms with Gasteiger partial charge in [0, 0.05) is 0 Å². The molecule has 5 nitrogen and oxygen atoms in total. The van der Waals surface area contributed by atoms with Crippen LogP contribution in [0.25, 0.3) is 11.0 Å². The van der Waals surface area contributed by atoms with E-state index in [0.717, 1.165) is 29.8 Å². The smallest absolute Gasteiger partial charge is 0.337 e. The fourth-order valence-electron chi connectivity index (χ4n) is 2.36. The molecule has 1 aromatic heterocycles. The highest BCUT2D eigenvalue weighted by molar-refractivity contribution is 5.93. The monoisotopic (exact) mass is 317 g/mol. The molecule has 0 unspecified atom stereocenters. The summed E-state index contributed by atoms with van der Waals surface area (Å²) in [4.78, 5) is 19.3. The highest BCUT2D eigenvalue weighted by Crippen LogP contribution is 2.23. The maximum Gasteiger partial charge on any atom is 0.337 e. The number of fused-ring (bicyclic) bond motifs is 1. The highest BCUT2D eigenvalue weighted by atomic mass is 35.5. The van der Waals surface area contributed by atoms with Crippen molar-refractivity contribution in [2.24, 2.45) is 0 Å². The number of rotatable bonds is 2. The Morgan fingerprint density at radius 1 is 1.40 bits per heavy atom. The van der Waals surface area contributed by atoms with Gasteiger partial charge in [0.2, 0.25) is 0 Å². The Labute approximate surface area is 129 Å². The molecule has 0 saturated carbocycles. The predicted molar refractivity (Wildman–Crippen MR) is 81.9 cm³/mol. The molecule has 0 bridgehead atoms. The van der Waals surface area contributed by atoms with Crippen molar-refractivity contribution >= 4 is 41.8 Å². The summed E-state index contributed by atoms with van der Waals surface area (Å²) in [6.07, 6.45) is 2.28. The van der Waals surface area contributed by atoms with E-state index in [-0.39, 0.29) is 30.8 Å². The zero-order valence-electron chi connectivity index (χ0n) is 11.0. The molecule has 0 spiro atoms. The number of imidazole rings is 1. The van der Waals surface area contributed by atoms with E-state index in [0.29, 0.717) is 11.6 Å². The van der Waals surface area contributed by atoms with Gasteiger partial charge >= 0.3 is 5.97 Å². The first-order valence-electron chi connectivity index (χ1n) is 6.09. The standard InChI is InChI=1S/C13H15N3O2.2ClH/c1-18-13(17)8-4-5-9-11(7-8)16-12(15-9)10-3-2-6-14-10;;/h4-5,7,10,14H,2-3,6H2,1H3,(H,15,16);2*1H/t10-;;/m0../s1. The molecule has 2 aromatic rings. The van der Waals surface area contributed by atoms with Crippen LogP contribution in [0.2, 0.25) is 0 Å². The van der Waals surface area contributed by atoms with Gasteiger partial charge in [-0.3, -0.25) is 0 Å². The lowest BCUT2D eigenvalue weighted by atomic mass is 10.2. The Morgan fingerprint density at radius 2 is 2.20 bits per heavy atom. The third-order valence-electron chi connectivity index (χ3n) is 3.31. The second kappa shape index (κ2) is 6.92. The number of nitrogens with zero attached hydrogens (tertiary/aromatic N) is 1. The van der Waals surface area contributed by atoms with Crippen LogP contribution in [0.3, 0.4) is 0 Å². The minimum Gasteiger partial charge on any atom is -0.465 e. The molecular formula is C13H17Cl2N3O2. The lowest BCUT2D eigenvalue weighted by molar-refractivity contribution is 0.0601. The molecule has 3 rings (SSSR count). The molecule has 7 heteroatoms. The van der Waals surface area contributed by atoms with Gasteiger partial charge in [0.25, 0.3) is 0 Å². The minimum atomic E-state index is -0.327. The van der Waals surface area contributed by atoms with Gasteiger partial charge < -0.3 is 15.0 Å². The molecule has 1 saturated heterocycles. The summed E-state index contributed by atoms with van der Waals surface area (Å²) in [5.74, 6) is 0.622. The number of H-pyrrole nitrogens is 1. The van der Waals surface area contributed by atoms with Crippen LogP contribution in [-0.4, -0.2) is 29.6 Å². The first-order valence-corrected chi connectivity index (χ1v) is 6.09. The fourth-order valence-corrected chi connectivity index (χ4v) is 2.36. The van der Waals surface area contributed by atoms with Crippen molar-refractivity contribution in [2.45, 2.75) is 18.9 Å². The number of ether oxygens (including phenoxy) is 1. The van der Waals surface area contributed by atoms with E-state index in [9.17, 15) is 4.79 Å². The molecule has 1 atom stereocenters. The Kier molecular flexibility index (Phi) is 5.80. The Balaban J connectivity index is 0.000001000. The third kappa shape index (κ3) is 3.06. The lowest BCUT2D eigenvalue weighted by Gasteiger charge is -2.04. The normalized spacial score (nSPS) is 17.4. The van der Waals surface area contributed by atoms with Gasteiger partial charge in [0.05, 0.1) is 29.7 Å². The highest BCUT2D eigenvalue weighted by Gasteiger charge is 2.19. The number of hydrogen-bond acceptors (Lipinski definition) is 4. The van der Waals surface area contributed by atoms with Crippen molar-refractivity contribution in [3.05, 3.63) is 29.6 Å². The SMILES string of the molecule is COC(=O)c1ccc2nc([C@@H]3CCCN3)[nH]c2c1.Cl.Cl. The van der Waals surface area contributed by atoms with Crippen molar-refractivity contribution in [2.75, 3.05) is 13.7 Å². The van der Waals surface area contributed by atoms with Crippen LogP contribution in [0.15, 0.2) is 18.2 Å². The van der Waals surface area contributed by atoms with E-state index >= 15 is 0 Å². The molecule has 2 heterocycles. The molecule has 0 aliphatic carbocycles. The second-order valence-electron chi connectivity index (χ2n) is 4.49. The Morgan fingerprint density at radius 3 is 2.85 bits per heavy atom. The average Bonchev–Trinajstić information content (AvgIpc) is 3.04. The number of benzene rings is 1. The van der Waals surface area contributed by atoms with Gasteiger partial charge in [0.15, 0.2) is 0 Å². The Hall–Kier alpha value is -1.30. The molecular weight excluding hydrogens is 301 g/mol. The first kappa shape index (κ1) is 16.8. The van der Waals surface area contributed by atoms with Crippen LogP contribution in [0.5, 0.6) is 0 Å². The zero-order valence-corrected chi connectivity index (χ0v) is 12.6. The number of nitrogens with one attached hydrogen (secondary N) is 2. The lowest BCUT2D eigenvalue weighted by Crippen LogP contribution is -2.13. The summed E-state index contributed by atoms with van der Waals surface area (Å²) in [6.45, 7) is 1.04. The number of aromatic nitrogens is 2. The van der Waals surface area contributed by atoms with E-state index in [1.54, 1.807) is 12.1 Å². The number of carbonyl (C=O) groups excluding carboxylic acids is 1. The van der Waals surface area contributed by atoms with Gasteiger partial charge in [-0.25, -0.2) is 9.78 Å². The average molecular weight is 318 g/mol. The summed E-state index contributed by atoms with van der Waals surface area (Å²) in [5, 5.41) is 3.40. The van der Waals surface area contributed by atoms with Gasteiger partial charge in [-0.15, -0.1) is 24.8 Å². The number of methoxy groups -OCH3 is 1. The topological polar surface area (TPSA) is 67.0 Å². The summed E-state index contributed by atoms with van der Waals surface area (Å²) >= 11 is 0. The van der Waals surface area contributed by atoms with Crippen LogP contribution < -0.4 is 5.32 Å². The zero-order chi connectivity index (χ0) is 12.5. The summed E-state index contributed by atoms with van der Waals surface area (Å²) in [7, 11) is 1.38. The van der Waals surface area contributed by atoms with Crippen LogP contribution >= 0.6 is 24.8 Å². The van der Waals surface area contributed by atoms with Crippen molar-refractivity contribution in [3.8, 4) is 0 Å². The van der Waals surface area contributed by atoms with E-state index in [2.05, 4.69) is 15.3 Å². The summed E-state index contributed by atoms with van der Waals surface area (Å²) < 4.78 is 4.71. The van der Waals surface area contributed by atoms with Crippen molar-refractivity contribution < 1.29 is 9.53 Å². The molecule has 110 valence electrons. The van der Waals surface area contributed by atoms with E-state index < -0.39 is 0 Å². The summed E-state index contributed by atoms with van der Waals surface area (Å²) in [5.41, 5.74) is 2.30. The fraction of sp³-hybridized carbons (Fsp3) is 0.385. The van der Waals surface area contributed by atoms with Crippen molar-refractivity contribution in [1.29, 1.82) is 0 Å². The van der Waals surface area contributed by atoms with Gasteiger partial charge in [-0.05, 0) is 37.6 Å². The molecule has 0 radical (unpaired) electrons. The van der Waals surface area contributed by atoms with Gasteiger partial charge in [-0.2, -0.15) is 0 Å². The van der Waals surface area contributed by atoms with E-state index in [1.807, 2.05) is 6.07 Å². The van der Waals surface area contributed by atoms with Crippen LogP contribution in [0.1, 0.15) is 35.1 Å². The maximum atomic E-state index is 11.5. The number of carbonyl (C=O) groups is 1. The van der Waals surface area contributed by atoms with Crippen LogP contribution in [-0.2, 0) is 4.74 Å². The van der Waals surface area contributed by atoms with Crippen LogP contribution in [0, 0.1) is 0 Å². The van der Waals surface area contributed by atoms with Crippen molar-refractivity contribution in [3.63, 3.8) is 0 Å². The van der Waals surface area contributed by atoms with E-state index in [4.69, 9.17) is 4.74 Å². The predicted octanol–water partition coefficient (Wildman–Crippen LogP) is 2.62. The number of hydrogen-bond donors (Lipinski definition) is 2. The molecule has 2 N–H and O–H groups in total. The number of halogens is 2. The van der Waals surface area contributed by atoms with E-state index in [1.165, 1.54) is 13.5 Å².